The van der Waals surface area contributed by atoms with Gasteiger partial charge in [0.2, 0.25) is 0 Å². The molecule has 0 radical (unpaired) electrons. The van der Waals surface area contributed by atoms with Crippen LogP contribution in [-0.2, 0) is 16.2 Å². The Bertz CT molecular complexity index is 3110. The predicted molar refractivity (Wildman–Crippen MR) is 233 cm³/mol. The Labute approximate surface area is 323 Å². The van der Waals surface area contributed by atoms with Gasteiger partial charge in [0, 0.05) is 22.1 Å². The van der Waals surface area contributed by atoms with Gasteiger partial charge in [-0.1, -0.05) is 133 Å². The summed E-state index contributed by atoms with van der Waals surface area (Å²) in [4.78, 5) is 5.28. The van der Waals surface area contributed by atoms with Crippen LogP contribution in [0.5, 0.6) is 0 Å². The molecular weight excluding hydrogens is 665 g/mol. The van der Waals surface area contributed by atoms with Crippen molar-refractivity contribution in [1.82, 2.24) is 9.55 Å². The summed E-state index contributed by atoms with van der Waals surface area (Å²) in [6, 6.07) is 52.6. The first-order valence-electron chi connectivity index (χ1n) is 19.7. The Morgan fingerprint density at radius 3 is 1.56 bits per heavy atom. The molecule has 2 aliphatic carbocycles. The van der Waals surface area contributed by atoms with Gasteiger partial charge in [-0.3, -0.25) is 4.57 Å². The third kappa shape index (κ3) is 4.40. The average molecular weight is 709 g/mol. The monoisotopic (exact) mass is 708 g/mol. The molecule has 0 spiro atoms. The van der Waals surface area contributed by atoms with Crippen LogP contribution in [0.2, 0.25) is 0 Å². The van der Waals surface area contributed by atoms with Gasteiger partial charge in [-0.2, -0.15) is 0 Å². The molecule has 2 heteroatoms. The number of rotatable bonds is 2. The molecule has 0 N–H and O–H groups in total. The van der Waals surface area contributed by atoms with Crippen LogP contribution < -0.4 is 0 Å². The highest BCUT2D eigenvalue weighted by molar-refractivity contribution is 6.26. The van der Waals surface area contributed by atoms with Gasteiger partial charge in [0.1, 0.15) is 5.82 Å². The van der Waals surface area contributed by atoms with Crippen molar-refractivity contribution in [3.63, 3.8) is 0 Å². The van der Waals surface area contributed by atoms with Gasteiger partial charge in [-0.15, -0.1) is 0 Å². The lowest BCUT2D eigenvalue weighted by atomic mass is 9.79. The average Bonchev–Trinajstić information content (AvgIpc) is 3.76. The Hall–Kier alpha value is -5.99. The van der Waals surface area contributed by atoms with E-state index in [1.54, 1.807) is 0 Å². The molecule has 0 amide bonds. The molecule has 55 heavy (non-hydrogen) atoms. The second kappa shape index (κ2) is 10.8. The SMILES string of the molecule is CC(C)(C)c1ccc(-n2c(-c3ccc4c(c3)C(C)(C)c3cc5c(cc3-4)C(C)(C)c3cc4c6ccccc6c6ccccc6c4cc3-5)nc3ccccc32)cc1. The molecule has 0 aliphatic heterocycles. The summed E-state index contributed by atoms with van der Waals surface area (Å²) in [6.07, 6.45) is 0. The van der Waals surface area contributed by atoms with Gasteiger partial charge in [0.15, 0.2) is 0 Å². The molecule has 2 nitrogen and oxygen atoms in total. The lowest BCUT2D eigenvalue weighted by Crippen LogP contribution is -2.17. The quantitative estimate of drug-likeness (QED) is 0.164. The van der Waals surface area contributed by atoms with Gasteiger partial charge in [-0.25, -0.2) is 4.98 Å². The number of hydrogen-bond acceptors (Lipinski definition) is 1. The molecule has 0 saturated carbocycles. The smallest absolute Gasteiger partial charge is 0.145 e. The molecule has 0 atom stereocenters. The first-order chi connectivity index (χ1) is 26.4. The highest BCUT2D eigenvalue weighted by Gasteiger charge is 2.42. The molecule has 0 saturated heterocycles. The van der Waals surface area contributed by atoms with E-state index < -0.39 is 0 Å². The van der Waals surface area contributed by atoms with Crippen LogP contribution in [0, 0.1) is 0 Å². The lowest BCUT2D eigenvalue weighted by molar-refractivity contribution is 0.590. The van der Waals surface area contributed by atoms with Crippen LogP contribution >= 0.6 is 0 Å². The Kier molecular flexibility index (Phi) is 6.38. The van der Waals surface area contributed by atoms with Crippen molar-refractivity contribution in [1.29, 1.82) is 0 Å². The van der Waals surface area contributed by atoms with E-state index >= 15 is 0 Å². The molecule has 1 heterocycles. The maximum absolute atomic E-state index is 5.28. The maximum atomic E-state index is 5.28. The fraction of sp³-hybridized carbons (Fsp3) is 0.189. The van der Waals surface area contributed by atoms with Crippen molar-refractivity contribution in [2.24, 2.45) is 0 Å². The highest BCUT2D eigenvalue weighted by Crippen LogP contribution is 2.57. The zero-order valence-corrected chi connectivity index (χ0v) is 32.7. The highest BCUT2D eigenvalue weighted by atomic mass is 15.1. The van der Waals surface area contributed by atoms with E-state index in [4.69, 9.17) is 4.98 Å². The molecule has 0 bridgehead atoms. The lowest BCUT2D eigenvalue weighted by Gasteiger charge is -2.24. The zero-order chi connectivity index (χ0) is 37.6. The third-order valence-corrected chi connectivity index (χ3v) is 13.1. The molecular formula is C53H44N2. The summed E-state index contributed by atoms with van der Waals surface area (Å²) in [5.74, 6) is 0.975. The molecule has 2 aliphatic rings. The Morgan fingerprint density at radius 2 is 0.945 bits per heavy atom. The van der Waals surface area contributed by atoms with Crippen molar-refractivity contribution in [2.45, 2.75) is 64.7 Å². The normalized spacial score (nSPS) is 15.1. The Morgan fingerprint density at radius 1 is 0.455 bits per heavy atom. The predicted octanol–water partition coefficient (Wildman–Crippen LogP) is 14.1. The second-order valence-electron chi connectivity index (χ2n) is 18.0. The van der Waals surface area contributed by atoms with Gasteiger partial charge < -0.3 is 0 Å². The van der Waals surface area contributed by atoms with Crippen molar-refractivity contribution in [3.8, 4) is 39.3 Å². The van der Waals surface area contributed by atoms with Crippen LogP contribution in [-0.4, -0.2) is 9.55 Å². The first-order valence-corrected chi connectivity index (χ1v) is 19.7. The number of benzene rings is 8. The van der Waals surface area contributed by atoms with E-state index in [-0.39, 0.29) is 16.2 Å². The number of aromatic nitrogens is 2. The molecule has 9 aromatic rings. The molecule has 266 valence electrons. The number of fused-ring (bicyclic) bond motifs is 13. The van der Waals surface area contributed by atoms with Crippen LogP contribution in [0.4, 0.5) is 0 Å². The summed E-state index contributed by atoms with van der Waals surface area (Å²) in [7, 11) is 0. The van der Waals surface area contributed by atoms with Crippen molar-refractivity contribution in [3.05, 3.63) is 167 Å². The van der Waals surface area contributed by atoms with Gasteiger partial charge in [-0.05, 0) is 142 Å². The molecule has 0 unspecified atom stereocenters. The summed E-state index contributed by atoms with van der Waals surface area (Å²) < 4.78 is 2.34. The van der Waals surface area contributed by atoms with E-state index in [1.165, 1.54) is 82.4 Å². The molecule has 1 aromatic heterocycles. The minimum atomic E-state index is -0.187. The summed E-state index contributed by atoms with van der Waals surface area (Å²) in [5.41, 5.74) is 16.5. The van der Waals surface area contributed by atoms with E-state index in [0.717, 1.165) is 28.1 Å². The minimum Gasteiger partial charge on any atom is -0.292 e. The molecule has 8 aromatic carbocycles. The number of hydrogen-bond donors (Lipinski definition) is 0. The van der Waals surface area contributed by atoms with E-state index in [1.807, 2.05) is 0 Å². The van der Waals surface area contributed by atoms with Crippen LogP contribution in [0.1, 0.15) is 76.3 Å². The Balaban J connectivity index is 1.08. The summed E-state index contributed by atoms with van der Waals surface area (Å²) in [6.45, 7) is 16.5. The summed E-state index contributed by atoms with van der Waals surface area (Å²) >= 11 is 0. The minimum absolute atomic E-state index is 0.0908. The fourth-order valence-corrected chi connectivity index (χ4v) is 10.1. The molecule has 0 fully saturated rings. The van der Waals surface area contributed by atoms with E-state index in [9.17, 15) is 0 Å². The maximum Gasteiger partial charge on any atom is 0.145 e. The number of imidazole rings is 1. The van der Waals surface area contributed by atoms with E-state index in [0.29, 0.717) is 0 Å². The van der Waals surface area contributed by atoms with Gasteiger partial charge in [0.05, 0.1) is 11.0 Å². The van der Waals surface area contributed by atoms with Crippen molar-refractivity contribution >= 4 is 43.4 Å². The standard InChI is InChI=1S/C53H44N2/c1-51(2,3)32-21-23-33(24-22-32)55-49-19-13-12-18-48(49)54-50(55)31-20-25-38-42-29-47-43(30-46(42)52(4,5)44(38)26-31)41-27-39-36-16-10-8-14-34(36)35-15-9-11-17-37(35)40(39)28-45(41)53(47,6)7/h8-30H,1-7H3. The number of para-hydroxylation sites is 2. The van der Waals surface area contributed by atoms with Crippen molar-refractivity contribution in [2.75, 3.05) is 0 Å². The summed E-state index contributed by atoms with van der Waals surface area (Å²) in [5, 5.41) is 7.97. The second-order valence-corrected chi connectivity index (χ2v) is 18.0. The zero-order valence-electron chi connectivity index (χ0n) is 32.7. The number of nitrogens with zero attached hydrogens (tertiary/aromatic N) is 2. The third-order valence-electron chi connectivity index (χ3n) is 13.1. The fourth-order valence-electron chi connectivity index (χ4n) is 10.1. The van der Waals surface area contributed by atoms with Crippen LogP contribution in [0.15, 0.2) is 140 Å². The van der Waals surface area contributed by atoms with Gasteiger partial charge in [0.25, 0.3) is 0 Å². The largest absolute Gasteiger partial charge is 0.292 e. The van der Waals surface area contributed by atoms with Crippen molar-refractivity contribution < 1.29 is 0 Å². The topological polar surface area (TPSA) is 17.8 Å². The van der Waals surface area contributed by atoms with Crippen LogP contribution in [0.3, 0.4) is 0 Å². The molecule has 11 rings (SSSR count). The van der Waals surface area contributed by atoms with Crippen LogP contribution in [0.25, 0.3) is 82.7 Å². The van der Waals surface area contributed by atoms with E-state index in [2.05, 4.69) is 193 Å². The first kappa shape index (κ1) is 32.4. The van der Waals surface area contributed by atoms with Gasteiger partial charge >= 0.3 is 0 Å².